The first-order valence-electron chi connectivity index (χ1n) is 45.3. The molecule has 0 aliphatic carbocycles. The lowest BCUT2D eigenvalue weighted by Crippen LogP contribution is -2.62. The highest BCUT2D eigenvalue weighted by Gasteiger charge is 2.40. The minimum atomic E-state index is -1.76. The molecule has 1 aromatic rings. The number of amides is 17. The highest BCUT2D eigenvalue weighted by molar-refractivity contribution is 7.81. The molecule has 0 saturated carbocycles. The summed E-state index contributed by atoms with van der Waals surface area (Å²) in [6.45, 7) is 9.62. The van der Waals surface area contributed by atoms with Crippen molar-refractivity contribution in [3.05, 3.63) is 35.9 Å². The van der Waals surface area contributed by atoms with Crippen LogP contribution >= 0.6 is 75.8 Å². The molecule has 41 N–H and O–H groups in total. The van der Waals surface area contributed by atoms with Gasteiger partial charge in [-0.05, 0) is 101 Å². The van der Waals surface area contributed by atoms with Gasteiger partial charge in [-0.3, -0.25) is 109 Å². The van der Waals surface area contributed by atoms with Crippen molar-refractivity contribution in [2.24, 2.45) is 52.2 Å². The summed E-state index contributed by atoms with van der Waals surface area (Å²) in [5, 5.41) is 113. The van der Waals surface area contributed by atoms with Gasteiger partial charge in [-0.15, -0.1) is 0 Å². The smallest absolute Gasteiger partial charge is 0.326 e. The van der Waals surface area contributed by atoms with E-state index in [1.807, 2.05) is 0 Å². The van der Waals surface area contributed by atoms with E-state index in [4.69, 9.17) is 61.4 Å². The molecular weight excluding hydrogens is 1960 g/mol. The Morgan fingerprint density at radius 3 is 0.894 bits per heavy atom. The van der Waals surface area contributed by atoms with Gasteiger partial charge in [-0.25, -0.2) is 4.79 Å². The molecule has 1 aromatic carbocycles. The van der Waals surface area contributed by atoms with Crippen LogP contribution < -0.4 is 151 Å². The molecule has 1 rings (SSSR count). The molecule has 17 amide bonds. The Bertz CT molecular complexity index is 4350. The van der Waals surface area contributed by atoms with E-state index in [2.05, 4.69) is 193 Å². The summed E-state index contributed by atoms with van der Waals surface area (Å²) in [5.41, 5.74) is 33.5. The van der Waals surface area contributed by atoms with Crippen LogP contribution in [0.2, 0.25) is 0 Å². The summed E-state index contributed by atoms with van der Waals surface area (Å²) in [7, 11) is 0. The van der Waals surface area contributed by atoms with Gasteiger partial charge in [-0.2, -0.15) is 75.8 Å². The number of hydrogen-bond donors (Lipinski definition) is 41. The van der Waals surface area contributed by atoms with Crippen molar-refractivity contribution in [1.29, 1.82) is 27.0 Å². The van der Waals surface area contributed by atoms with Crippen molar-refractivity contribution in [1.82, 2.24) is 117 Å². The first-order chi connectivity index (χ1) is 66.5. The maximum Gasteiger partial charge on any atom is 0.326 e. The number of aliphatic hydroxyl groups excluding tert-OH is 1. The zero-order valence-corrected chi connectivity index (χ0v) is 85.1. The van der Waals surface area contributed by atoms with Crippen LogP contribution in [0.3, 0.4) is 0 Å². The molecule has 18 atom stereocenters. The molecule has 141 heavy (non-hydrogen) atoms. The third-order valence-electron chi connectivity index (χ3n) is 21.0. The fourth-order valence-electron chi connectivity index (χ4n) is 13.1. The Kier molecular flexibility index (Phi) is 62.2. The summed E-state index contributed by atoms with van der Waals surface area (Å²) in [6, 6.07) is -15.4. The maximum atomic E-state index is 14.6. The lowest BCUT2D eigenvalue weighted by molar-refractivity contribution is -0.143. The minimum Gasteiger partial charge on any atom is -0.480 e. The number of benzene rings is 1. The number of nitrogens with one attached hydrogen (secondary N) is 27. The fourth-order valence-corrected chi connectivity index (χ4v) is 14.6. The molecule has 794 valence electrons. The van der Waals surface area contributed by atoms with E-state index in [1.54, 1.807) is 58.0 Å². The number of thiol groups is 6. The zero-order valence-electron chi connectivity index (χ0n) is 79.7. The number of carboxylic acid groups (broad SMARTS) is 1. The van der Waals surface area contributed by atoms with Crippen LogP contribution in [0.4, 0.5) is 0 Å². The predicted molar refractivity (Wildman–Crippen MR) is 545 cm³/mol. The molecule has 0 saturated heterocycles. The van der Waals surface area contributed by atoms with Crippen molar-refractivity contribution >= 4 is 212 Å². The van der Waals surface area contributed by atoms with E-state index in [0.29, 0.717) is 5.56 Å². The zero-order chi connectivity index (χ0) is 107. The molecule has 0 aliphatic rings. The lowest BCUT2D eigenvalue weighted by Gasteiger charge is -2.29. The average molecular weight is 2110 g/mol. The topological polar surface area (TPSA) is 888 Å². The van der Waals surface area contributed by atoms with E-state index in [9.17, 15) is 96.5 Å². The standard InChI is InChI=1S/C82H145N33O20S6/c1-8-41(6)60(75(132)112-56(38-141)73(130)115-61(42(7)116)76(133)105-48(77(134)135)23-16-28-98-82(92)93)114-72(129)55(37-140)108-65(122)47(22-15-27-97-81(90)91)104-70(127)54(36-139)111-74(131)59(40(4)5)113-58(118)32-99-62(119)44(19-12-24-94-78(84)85)101-63(120)45(20-13-25-95-79(86)87)102-68(125)51(33-136)109-66(123)49(29-39(2)3)106-71(128)53(35-138)107-64(121)46(21-14-26-96-80(88)89)103-69(126)52(34-137)110-67(124)50(100-57(117)31-83)30-43-17-10-9-11-18-43/h9-11,17-18,39-42,44-56,59-61,116,136-141H,8,12-16,19-38,83H2,1-7H3,(H,99,119)(H,100,117)(H,101,120)(H,102,125)(H,103,126)(H,104,127)(H,105,133)(H,106,128)(H,107,121)(H,108,122)(H,109,123)(H,110,124)(H,111,131)(H,112,132)(H,113,118)(H,114,129)(H,115,130)(H,134,135)(H4,84,85,94)(H4,86,87,95)(H4,88,89,96)(H4,90,91,97)(H4,92,93,98)/t41-,42+,44-,45-,46-,47-,48-,49-,50-,51-,52-,53-,54-,55-,56-,59-,60-,61-/m0/s1. The van der Waals surface area contributed by atoms with Gasteiger partial charge in [0, 0.05) is 73.7 Å². The van der Waals surface area contributed by atoms with Gasteiger partial charge in [0.05, 0.1) is 19.2 Å². The summed E-state index contributed by atoms with van der Waals surface area (Å²) in [4.78, 5) is 250. The molecule has 0 bridgehead atoms. The third-order valence-corrected chi connectivity index (χ3v) is 23.2. The Hall–Kier alpha value is -12.0. The van der Waals surface area contributed by atoms with Gasteiger partial charge < -0.3 is 162 Å². The molecular formula is C82H145N33O20S6. The number of nitrogens with two attached hydrogens (primary N) is 6. The van der Waals surface area contributed by atoms with Crippen LogP contribution in [0.25, 0.3) is 0 Å². The third kappa shape index (κ3) is 50.8. The van der Waals surface area contributed by atoms with Gasteiger partial charge >= 0.3 is 5.97 Å². The number of guanidine groups is 5. The number of aliphatic hydroxyl groups is 1. The highest BCUT2D eigenvalue weighted by Crippen LogP contribution is 2.16. The Balaban J connectivity index is 3.55. The van der Waals surface area contributed by atoms with Gasteiger partial charge in [0.15, 0.2) is 29.8 Å². The Morgan fingerprint density at radius 1 is 0.319 bits per heavy atom. The first-order valence-corrected chi connectivity index (χ1v) is 49.1. The van der Waals surface area contributed by atoms with Gasteiger partial charge in [0.25, 0.3) is 0 Å². The molecule has 59 heteroatoms. The Labute approximate surface area is 850 Å². The van der Waals surface area contributed by atoms with Crippen molar-refractivity contribution in [3.8, 4) is 0 Å². The molecule has 0 fully saturated rings. The lowest BCUT2D eigenvalue weighted by atomic mass is 9.97. The minimum absolute atomic E-state index is 0.00331. The van der Waals surface area contributed by atoms with E-state index in [0.717, 1.165) is 6.92 Å². The summed E-state index contributed by atoms with van der Waals surface area (Å²) in [6.07, 6.45) is -2.09. The summed E-state index contributed by atoms with van der Waals surface area (Å²) in [5.74, 6) is -24.0. The molecule has 0 radical (unpaired) electrons. The number of carbonyl (C=O) groups excluding carboxylic acids is 17. The number of rotatable bonds is 69. The van der Waals surface area contributed by atoms with E-state index < -0.39 is 287 Å². The largest absolute Gasteiger partial charge is 0.480 e. The summed E-state index contributed by atoms with van der Waals surface area (Å²) < 4.78 is 0. The van der Waals surface area contributed by atoms with Crippen LogP contribution in [0.15, 0.2) is 30.3 Å². The molecule has 0 unspecified atom stereocenters. The van der Waals surface area contributed by atoms with Crippen LogP contribution in [0, 0.1) is 44.8 Å². The molecule has 0 aliphatic heterocycles. The van der Waals surface area contributed by atoms with Gasteiger partial charge in [0.1, 0.15) is 96.7 Å². The number of aliphatic carboxylic acids is 1. The Morgan fingerprint density at radius 2 is 0.589 bits per heavy atom. The van der Waals surface area contributed by atoms with E-state index >= 15 is 0 Å². The monoisotopic (exact) mass is 2100 g/mol. The molecule has 53 nitrogen and oxygen atoms in total. The highest BCUT2D eigenvalue weighted by atomic mass is 32.1. The normalized spacial score (nSPS) is 14.8. The second kappa shape index (κ2) is 69.0. The second-order valence-electron chi connectivity index (χ2n) is 33.3. The maximum absolute atomic E-state index is 14.6. The van der Waals surface area contributed by atoms with Gasteiger partial charge in [-0.1, -0.05) is 78.3 Å². The van der Waals surface area contributed by atoms with Crippen molar-refractivity contribution in [2.75, 3.05) is 80.3 Å². The fraction of sp³-hybridized carbons (Fsp3) is 0.646. The molecule has 0 aromatic heterocycles. The van der Waals surface area contributed by atoms with Crippen LogP contribution in [0.1, 0.15) is 131 Å². The second-order valence-corrected chi connectivity index (χ2v) is 35.5. The van der Waals surface area contributed by atoms with Crippen molar-refractivity contribution in [3.63, 3.8) is 0 Å². The SMILES string of the molecule is CC[C@H](C)[C@H](NC(=O)[C@H](CS)NC(=O)[C@H](CCCNC(=N)N)NC(=O)[C@H](CS)NC(=O)[C@@H](NC(=O)CNC(=O)[C@H](CCCNC(=N)N)NC(=O)[C@H](CCCNC(=N)N)NC(=O)[C@H](CS)NC(=O)[C@H](CC(C)C)NC(=O)[C@H](CS)NC(=O)[C@H](CCCNC(=N)N)NC(=O)[C@H](CS)NC(=O)[C@H](Cc1ccccc1)NC(=O)CN)C(C)C)C(=O)N[C@@H](CS)C(=O)N[C@H](C(=O)N[C@@H](CCCNC(=N)N)C(=O)O)[C@@H](C)O. The molecule has 0 heterocycles. The van der Waals surface area contributed by atoms with E-state index in [1.165, 1.54) is 13.8 Å². The molecule has 0 spiro atoms. The average Bonchev–Trinajstić information content (AvgIpc) is 0.848. The van der Waals surface area contributed by atoms with Crippen molar-refractivity contribution in [2.45, 2.75) is 235 Å². The van der Waals surface area contributed by atoms with Crippen LogP contribution in [-0.4, -0.2) is 330 Å². The van der Waals surface area contributed by atoms with Crippen molar-refractivity contribution < 1.29 is 96.5 Å². The summed E-state index contributed by atoms with van der Waals surface area (Å²) >= 11 is 25.7. The number of carboxylic acids is 1. The number of hydrogen-bond acceptors (Lipinski definition) is 31. The predicted octanol–water partition coefficient (Wildman–Crippen LogP) is -10.8. The number of carbonyl (C=O) groups is 18. The quantitative estimate of drug-likeness (QED) is 0.0125. The van der Waals surface area contributed by atoms with Crippen LogP contribution in [0.5, 0.6) is 0 Å². The van der Waals surface area contributed by atoms with Crippen LogP contribution in [-0.2, 0) is 92.7 Å². The van der Waals surface area contributed by atoms with Gasteiger partial charge in [0.2, 0.25) is 100 Å². The van der Waals surface area contributed by atoms with E-state index in [-0.39, 0.29) is 134 Å². The first kappa shape index (κ1) is 127.